The topological polar surface area (TPSA) is 66.4 Å². The average Bonchev–Trinajstić information content (AvgIpc) is 2.65. The van der Waals surface area contributed by atoms with Gasteiger partial charge < -0.3 is 10.4 Å². The molecule has 0 aromatic carbocycles. The van der Waals surface area contributed by atoms with Crippen LogP contribution in [0.15, 0.2) is 72.9 Å². The molecule has 0 aliphatic carbocycles. The van der Waals surface area contributed by atoms with Crippen LogP contribution in [0.1, 0.15) is 53.4 Å². The van der Waals surface area contributed by atoms with E-state index < -0.39 is 5.97 Å². The average molecular weight is 388 g/mol. The van der Waals surface area contributed by atoms with E-state index in [2.05, 4.69) is 25.2 Å². The van der Waals surface area contributed by atoms with Gasteiger partial charge in [0.1, 0.15) is 0 Å². The van der Waals surface area contributed by atoms with Crippen molar-refractivity contribution in [3.05, 3.63) is 72.9 Å². The van der Waals surface area contributed by atoms with Crippen LogP contribution >= 0.6 is 0 Å². The smallest absolute Gasteiger partial charge is 0.327 e. The second-order valence-electron chi connectivity index (χ2n) is 6.34. The third-order valence-corrected chi connectivity index (χ3v) is 3.09. The van der Waals surface area contributed by atoms with E-state index in [1.165, 1.54) is 6.08 Å². The van der Waals surface area contributed by atoms with E-state index in [0.717, 1.165) is 32.2 Å². The molecule has 0 aliphatic heterocycles. The molecule has 0 rings (SSSR count). The Balaban J connectivity index is 0. The van der Waals surface area contributed by atoms with Crippen LogP contribution in [-0.2, 0) is 9.59 Å². The first-order valence-corrected chi connectivity index (χ1v) is 9.83. The van der Waals surface area contributed by atoms with Gasteiger partial charge in [-0.15, -0.1) is 0 Å². The van der Waals surface area contributed by atoms with Gasteiger partial charge in [0.25, 0.3) is 0 Å². The van der Waals surface area contributed by atoms with Crippen molar-refractivity contribution >= 4 is 11.9 Å². The van der Waals surface area contributed by atoms with Crippen molar-refractivity contribution in [1.29, 1.82) is 0 Å². The first kappa shape index (κ1) is 27.6. The summed E-state index contributed by atoms with van der Waals surface area (Å²) >= 11 is 0. The molecule has 0 heterocycles. The number of rotatable bonds is 12. The van der Waals surface area contributed by atoms with Crippen molar-refractivity contribution in [2.75, 3.05) is 6.54 Å². The highest BCUT2D eigenvalue weighted by Gasteiger charge is 1.96. The van der Waals surface area contributed by atoms with E-state index >= 15 is 0 Å². The van der Waals surface area contributed by atoms with Gasteiger partial charge in [0.15, 0.2) is 0 Å². The van der Waals surface area contributed by atoms with Crippen LogP contribution in [0.25, 0.3) is 0 Å². The van der Waals surface area contributed by atoms with E-state index in [0.29, 0.717) is 5.92 Å². The highest BCUT2D eigenvalue weighted by Crippen LogP contribution is 1.94. The Morgan fingerprint density at radius 3 is 1.68 bits per heavy atom. The van der Waals surface area contributed by atoms with Crippen molar-refractivity contribution in [2.45, 2.75) is 53.4 Å². The Morgan fingerprint density at radius 2 is 1.25 bits per heavy atom. The number of carboxylic acids is 1. The summed E-state index contributed by atoms with van der Waals surface area (Å²) in [6.07, 6.45) is 25.8. The Kier molecular flexibility index (Phi) is 22.1. The van der Waals surface area contributed by atoms with Gasteiger partial charge in [0.2, 0.25) is 5.91 Å². The number of hydrogen-bond acceptors (Lipinski definition) is 2. The predicted molar refractivity (Wildman–Crippen MR) is 120 cm³/mol. The largest absolute Gasteiger partial charge is 0.478 e. The summed E-state index contributed by atoms with van der Waals surface area (Å²) in [6.45, 7) is 8.84. The fourth-order valence-corrected chi connectivity index (χ4v) is 1.69. The molecule has 0 aliphatic rings. The number of unbranched alkanes of at least 4 members (excludes halogenated alkanes) is 2. The molecule has 0 atom stereocenters. The Hall–Kier alpha value is -2.62. The third kappa shape index (κ3) is 28.2. The second-order valence-corrected chi connectivity index (χ2v) is 6.34. The zero-order valence-corrected chi connectivity index (χ0v) is 17.8. The molecule has 0 unspecified atom stereocenters. The molecule has 0 bridgehead atoms. The van der Waals surface area contributed by atoms with Gasteiger partial charge in [-0.2, -0.15) is 0 Å². The molecular formula is C24H37NO3. The van der Waals surface area contributed by atoms with Crippen molar-refractivity contribution < 1.29 is 14.7 Å². The van der Waals surface area contributed by atoms with E-state index in [1.54, 1.807) is 12.2 Å². The van der Waals surface area contributed by atoms with Crippen LogP contribution in [0.3, 0.4) is 0 Å². The summed E-state index contributed by atoms with van der Waals surface area (Å²) in [5.41, 5.74) is 0. The Labute approximate surface area is 171 Å². The molecule has 4 heteroatoms. The maximum absolute atomic E-state index is 11.3. The van der Waals surface area contributed by atoms with Crippen LogP contribution in [0.5, 0.6) is 0 Å². The lowest BCUT2D eigenvalue weighted by molar-refractivity contribution is -0.131. The maximum Gasteiger partial charge on any atom is 0.327 e. The molecule has 0 saturated carbocycles. The molecule has 0 saturated heterocycles. The SMILES string of the molecule is C/C=C/C=C\CC/C=C/C(=O)NCC(C)C.C/C=C/C=C\CC/C=C/C(=O)O. The number of nitrogens with one attached hydrogen (secondary N) is 1. The molecule has 1 amide bonds. The standard InChI is InChI=1S/C14H23NO.C10H14O2/c1-4-5-6-7-8-9-10-11-14(16)15-12-13(2)3;1-2-3-4-5-6-7-8-9-10(11)12/h4-7,10-11,13H,8-9,12H2,1-3H3,(H,15,16);2-5,8-9H,6-7H2,1H3,(H,11,12)/b5-4+,7-6-,11-10+;3-2+,5-4-,9-8+. The number of hydrogen-bond donors (Lipinski definition) is 2. The quantitative estimate of drug-likeness (QED) is 0.254. The summed E-state index contributed by atoms with van der Waals surface area (Å²) in [7, 11) is 0. The fourth-order valence-electron chi connectivity index (χ4n) is 1.69. The highest BCUT2D eigenvalue weighted by molar-refractivity contribution is 5.87. The van der Waals surface area contributed by atoms with Gasteiger partial charge in [0.05, 0.1) is 0 Å². The van der Waals surface area contributed by atoms with Gasteiger partial charge in [0, 0.05) is 12.6 Å². The zero-order valence-electron chi connectivity index (χ0n) is 17.8. The lowest BCUT2D eigenvalue weighted by Gasteiger charge is -2.03. The molecule has 0 fully saturated rings. The van der Waals surface area contributed by atoms with E-state index in [4.69, 9.17) is 5.11 Å². The van der Waals surface area contributed by atoms with Gasteiger partial charge in [-0.3, -0.25) is 4.79 Å². The number of aliphatic carboxylic acids is 1. The van der Waals surface area contributed by atoms with Gasteiger partial charge in [-0.25, -0.2) is 4.79 Å². The monoisotopic (exact) mass is 387 g/mol. The maximum atomic E-state index is 11.3. The van der Waals surface area contributed by atoms with Crippen molar-refractivity contribution in [1.82, 2.24) is 5.32 Å². The highest BCUT2D eigenvalue weighted by atomic mass is 16.4. The van der Waals surface area contributed by atoms with Gasteiger partial charge >= 0.3 is 5.97 Å². The van der Waals surface area contributed by atoms with E-state index in [9.17, 15) is 9.59 Å². The predicted octanol–water partition coefficient (Wildman–Crippen LogP) is 5.77. The molecule has 0 aromatic rings. The van der Waals surface area contributed by atoms with Crippen LogP contribution in [0, 0.1) is 5.92 Å². The molecule has 2 N–H and O–H groups in total. The van der Waals surface area contributed by atoms with E-state index in [-0.39, 0.29) is 5.91 Å². The third-order valence-electron chi connectivity index (χ3n) is 3.09. The first-order chi connectivity index (χ1) is 13.4. The molecule has 0 aromatic heterocycles. The summed E-state index contributed by atoms with van der Waals surface area (Å²) in [6, 6.07) is 0. The number of carboxylic acid groups (broad SMARTS) is 1. The van der Waals surface area contributed by atoms with Gasteiger partial charge in [-0.05, 0) is 51.5 Å². The Morgan fingerprint density at radius 1 is 0.786 bits per heavy atom. The number of amides is 1. The molecule has 0 radical (unpaired) electrons. The zero-order chi connectivity index (χ0) is 21.5. The van der Waals surface area contributed by atoms with Crippen LogP contribution in [0.2, 0.25) is 0 Å². The van der Waals surface area contributed by atoms with E-state index in [1.807, 2.05) is 62.5 Å². The summed E-state index contributed by atoms with van der Waals surface area (Å²) in [5, 5.41) is 11.1. The van der Waals surface area contributed by atoms with Crippen molar-refractivity contribution in [2.24, 2.45) is 5.92 Å². The summed E-state index contributed by atoms with van der Waals surface area (Å²) in [4.78, 5) is 21.3. The van der Waals surface area contributed by atoms with Crippen LogP contribution in [0.4, 0.5) is 0 Å². The molecular weight excluding hydrogens is 350 g/mol. The molecule has 0 spiro atoms. The number of carbonyl (C=O) groups excluding carboxylic acids is 1. The lowest BCUT2D eigenvalue weighted by Crippen LogP contribution is -2.25. The summed E-state index contributed by atoms with van der Waals surface area (Å²) < 4.78 is 0. The van der Waals surface area contributed by atoms with Crippen LogP contribution < -0.4 is 5.32 Å². The molecule has 28 heavy (non-hydrogen) atoms. The molecule has 4 nitrogen and oxygen atoms in total. The number of carbonyl (C=O) groups is 2. The second kappa shape index (κ2) is 22.4. The van der Waals surface area contributed by atoms with Crippen molar-refractivity contribution in [3.63, 3.8) is 0 Å². The lowest BCUT2D eigenvalue weighted by atomic mass is 10.2. The fraction of sp³-hybridized carbons (Fsp3) is 0.417. The number of allylic oxidation sites excluding steroid dienone is 10. The normalized spacial score (nSPS) is 12.2. The summed E-state index contributed by atoms with van der Waals surface area (Å²) in [5.74, 6) is -0.375. The minimum Gasteiger partial charge on any atom is -0.478 e. The Bertz CT molecular complexity index is 564. The van der Waals surface area contributed by atoms with Crippen molar-refractivity contribution in [3.8, 4) is 0 Å². The minimum absolute atomic E-state index is 0.00568. The minimum atomic E-state index is -0.882. The van der Waals surface area contributed by atoms with Gasteiger partial charge in [-0.1, -0.05) is 74.6 Å². The molecule has 156 valence electrons. The first-order valence-electron chi connectivity index (χ1n) is 9.83. The van der Waals surface area contributed by atoms with Crippen LogP contribution in [-0.4, -0.2) is 23.5 Å².